The van der Waals surface area contributed by atoms with Gasteiger partial charge in [-0.15, -0.1) is 0 Å². The summed E-state index contributed by atoms with van der Waals surface area (Å²) >= 11 is 0. The van der Waals surface area contributed by atoms with Crippen LogP contribution in [0, 0.1) is 0 Å². The number of carbonyl (C=O) groups is 1. The number of carbonyl (C=O) groups excluding carboxylic acids is 1. The number of fused-ring (bicyclic) bond motifs is 1. The van der Waals surface area contributed by atoms with Crippen molar-refractivity contribution in [1.82, 2.24) is 5.16 Å². The van der Waals surface area contributed by atoms with Crippen LogP contribution < -0.4 is 24.3 Å². The molecule has 0 saturated heterocycles. The van der Waals surface area contributed by atoms with Crippen molar-refractivity contribution in [3.05, 3.63) is 48.2 Å². The molecule has 2 aliphatic rings. The van der Waals surface area contributed by atoms with Gasteiger partial charge in [0.15, 0.2) is 17.3 Å². The van der Waals surface area contributed by atoms with E-state index in [0.717, 1.165) is 5.56 Å². The first-order valence-electron chi connectivity index (χ1n) is 9.54. The van der Waals surface area contributed by atoms with Gasteiger partial charge in [0, 0.05) is 17.7 Å². The van der Waals surface area contributed by atoms with Crippen LogP contribution in [0.5, 0.6) is 23.0 Å². The van der Waals surface area contributed by atoms with Gasteiger partial charge in [0.1, 0.15) is 11.5 Å². The molecule has 30 heavy (non-hydrogen) atoms. The Kier molecular flexibility index (Phi) is 4.27. The summed E-state index contributed by atoms with van der Waals surface area (Å²) < 4.78 is 26.9. The molecule has 8 heteroatoms. The maximum atomic E-state index is 13.1. The van der Waals surface area contributed by atoms with Crippen LogP contribution in [0.4, 0.5) is 5.69 Å². The van der Waals surface area contributed by atoms with Gasteiger partial charge in [-0.05, 0) is 43.2 Å². The minimum atomic E-state index is -0.716. The highest BCUT2D eigenvalue weighted by Crippen LogP contribution is 2.50. The Morgan fingerprint density at radius 2 is 1.87 bits per heavy atom. The molecule has 0 unspecified atom stereocenters. The number of rotatable bonds is 6. The van der Waals surface area contributed by atoms with Crippen LogP contribution in [-0.4, -0.2) is 32.1 Å². The number of anilines is 1. The van der Waals surface area contributed by atoms with Crippen molar-refractivity contribution < 1.29 is 28.3 Å². The quantitative estimate of drug-likeness (QED) is 0.664. The number of aromatic nitrogens is 1. The van der Waals surface area contributed by atoms with E-state index in [-0.39, 0.29) is 12.7 Å². The predicted molar refractivity (Wildman–Crippen MR) is 107 cm³/mol. The number of benzene rings is 2. The number of hydrogen-bond donors (Lipinski definition) is 1. The lowest BCUT2D eigenvalue weighted by Gasteiger charge is -2.15. The van der Waals surface area contributed by atoms with Gasteiger partial charge in [-0.2, -0.15) is 0 Å². The summed E-state index contributed by atoms with van der Waals surface area (Å²) in [7, 11) is 3.13. The summed E-state index contributed by atoms with van der Waals surface area (Å²) in [5.41, 5.74) is 1.25. The van der Waals surface area contributed by atoms with Crippen LogP contribution in [0.1, 0.15) is 18.5 Å². The molecule has 1 N–H and O–H groups in total. The molecular weight excluding hydrogens is 388 g/mol. The van der Waals surface area contributed by atoms with Crippen molar-refractivity contribution in [3.63, 3.8) is 0 Å². The highest BCUT2D eigenvalue weighted by molar-refractivity contribution is 6.02. The van der Waals surface area contributed by atoms with Gasteiger partial charge >= 0.3 is 0 Å². The fourth-order valence-electron chi connectivity index (χ4n) is 3.56. The Bertz CT molecular complexity index is 1120. The molecule has 3 aromatic rings. The van der Waals surface area contributed by atoms with Gasteiger partial charge in [0.2, 0.25) is 12.7 Å². The van der Waals surface area contributed by atoms with E-state index < -0.39 is 5.41 Å². The van der Waals surface area contributed by atoms with Crippen molar-refractivity contribution in [2.24, 2.45) is 0 Å². The Hall–Kier alpha value is -3.68. The Labute approximate surface area is 172 Å². The lowest BCUT2D eigenvalue weighted by Crippen LogP contribution is -2.28. The summed E-state index contributed by atoms with van der Waals surface area (Å²) in [4.78, 5) is 13.1. The van der Waals surface area contributed by atoms with Crippen LogP contribution in [0.25, 0.3) is 11.3 Å². The number of nitrogens with one attached hydrogen (secondary N) is 1. The van der Waals surface area contributed by atoms with Crippen molar-refractivity contribution in [1.29, 1.82) is 0 Å². The second-order valence-corrected chi connectivity index (χ2v) is 7.25. The Morgan fingerprint density at radius 3 is 2.63 bits per heavy atom. The summed E-state index contributed by atoms with van der Waals surface area (Å²) in [6.07, 6.45) is 1.39. The normalized spacial score (nSPS) is 15.5. The zero-order valence-electron chi connectivity index (χ0n) is 16.6. The summed E-state index contributed by atoms with van der Waals surface area (Å²) in [5.74, 6) is 2.96. The van der Waals surface area contributed by atoms with E-state index in [1.807, 2.05) is 24.3 Å². The van der Waals surface area contributed by atoms with Crippen molar-refractivity contribution in [2.45, 2.75) is 18.3 Å². The monoisotopic (exact) mass is 408 g/mol. The van der Waals surface area contributed by atoms with E-state index in [2.05, 4.69) is 10.5 Å². The molecule has 0 spiro atoms. The third kappa shape index (κ3) is 3.01. The highest BCUT2D eigenvalue weighted by Gasteiger charge is 2.54. The first kappa shape index (κ1) is 18.4. The molecule has 0 radical (unpaired) electrons. The van der Waals surface area contributed by atoms with Gasteiger partial charge in [0.25, 0.3) is 0 Å². The number of hydrogen-bond acceptors (Lipinski definition) is 7. The number of amides is 1. The molecule has 1 aromatic heterocycles. The molecule has 0 bridgehead atoms. The van der Waals surface area contributed by atoms with Crippen molar-refractivity contribution in [2.75, 3.05) is 26.3 Å². The van der Waals surface area contributed by atoms with Gasteiger partial charge in [-0.3, -0.25) is 4.79 Å². The molecule has 5 rings (SSSR count). The van der Waals surface area contributed by atoms with E-state index >= 15 is 0 Å². The summed E-state index contributed by atoms with van der Waals surface area (Å²) in [6, 6.07) is 12.6. The van der Waals surface area contributed by atoms with Crippen molar-refractivity contribution in [3.8, 4) is 34.3 Å². The van der Waals surface area contributed by atoms with Crippen molar-refractivity contribution >= 4 is 11.6 Å². The number of ether oxygens (including phenoxy) is 4. The van der Waals surface area contributed by atoms with Gasteiger partial charge in [-0.1, -0.05) is 5.16 Å². The molecular formula is C22H20N2O6. The van der Waals surface area contributed by atoms with E-state index in [9.17, 15) is 4.79 Å². The van der Waals surface area contributed by atoms with E-state index in [1.165, 1.54) is 0 Å². The lowest BCUT2D eigenvalue weighted by atomic mass is 10.00. The maximum Gasteiger partial charge on any atom is 0.236 e. The molecule has 1 aliphatic heterocycles. The van der Waals surface area contributed by atoms with E-state index in [4.69, 9.17) is 23.5 Å². The zero-order chi connectivity index (χ0) is 20.7. The van der Waals surface area contributed by atoms with Gasteiger partial charge in [-0.25, -0.2) is 0 Å². The van der Waals surface area contributed by atoms with Crippen LogP contribution in [0.15, 0.2) is 47.0 Å². The van der Waals surface area contributed by atoms with Crippen LogP contribution in [0.2, 0.25) is 0 Å². The van der Waals surface area contributed by atoms with Gasteiger partial charge in [0.05, 0.1) is 31.0 Å². The molecule has 1 fully saturated rings. The van der Waals surface area contributed by atoms with Gasteiger partial charge < -0.3 is 28.8 Å². The molecule has 8 nitrogen and oxygen atoms in total. The minimum Gasteiger partial charge on any atom is -0.497 e. The van der Waals surface area contributed by atoms with Crippen LogP contribution >= 0.6 is 0 Å². The maximum absolute atomic E-state index is 13.1. The fourth-order valence-corrected chi connectivity index (χ4v) is 3.56. The topological polar surface area (TPSA) is 92.1 Å². The summed E-state index contributed by atoms with van der Waals surface area (Å²) in [6.45, 7) is 0.206. The van der Waals surface area contributed by atoms with Crippen LogP contribution in [-0.2, 0) is 10.2 Å². The smallest absolute Gasteiger partial charge is 0.236 e. The van der Waals surface area contributed by atoms with E-state index in [1.54, 1.807) is 32.4 Å². The van der Waals surface area contributed by atoms with Crippen LogP contribution in [0.3, 0.4) is 0 Å². The Morgan fingerprint density at radius 1 is 1.03 bits per heavy atom. The predicted octanol–water partition coefficient (Wildman–Crippen LogP) is 3.76. The number of nitrogens with zero attached hydrogens (tertiary/aromatic N) is 1. The molecule has 1 saturated carbocycles. The highest BCUT2D eigenvalue weighted by atomic mass is 16.7. The SMILES string of the molecule is COc1ccc(OC)c(NC(=O)C2(c3cc(-c4ccc5c(c4)OCO5)on3)CC2)c1. The first-order valence-corrected chi connectivity index (χ1v) is 9.54. The molecule has 2 aromatic carbocycles. The second kappa shape index (κ2) is 6.98. The van der Waals surface area contributed by atoms with E-state index in [0.29, 0.717) is 53.0 Å². The third-order valence-corrected chi connectivity index (χ3v) is 5.50. The second-order valence-electron chi connectivity index (χ2n) is 7.25. The molecule has 0 atom stereocenters. The average molecular weight is 408 g/mol. The summed E-state index contributed by atoms with van der Waals surface area (Å²) in [5, 5.41) is 7.15. The average Bonchev–Trinajstić information content (AvgIpc) is 3.21. The molecule has 1 aliphatic carbocycles. The minimum absolute atomic E-state index is 0.153. The lowest BCUT2D eigenvalue weighted by molar-refractivity contribution is -0.118. The third-order valence-electron chi connectivity index (χ3n) is 5.50. The first-order chi connectivity index (χ1) is 14.6. The number of methoxy groups -OCH3 is 2. The Balaban J connectivity index is 1.39. The standard InChI is InChI=1S/C22H20N2O6/c1-26-14-4-6-16(27-2)15(10-14)23-21(25)22(7-8-22)20-11-18(30-24-20)13-3-5-17-19(9-13)29-12-28-17/h3-6,9-11H,7-8,12H2,1-2H3,(H,23,25). The molecule has 1 amide bonds. The zero-order valence-corrected chi connectivity index (χ0v) is 16.6. The molecule has 154 valence electrons. The largest absolute Gasteiger partial charge is 0.497 e. The molecule has 2 heterocycles. The fraction of sp³-hybridized carbons (Fsp3) is 0.273.